The quantitative estimate of drug-likeness (QED) is 0.219. The molecule has 0 aliphatic carbocycles. The Bertz CT molecular complexity index is 2150. The highest BCUT2D eigenvalue weighted by Crippen LogP contribution is 2.38. The van der Waals surface area contributed by atoms with Gasteiger partial charge in [-0.2, -0.15) is 0 Å². The number of pyridine rings is 1. The second-order valence-corrected chi connectivity index (χ2v) is 10.9. The Balaban J connectivity index is 1.36. The van der Waals surface area contributed by atoms with Gasteiger partial charge in [-0.1, -0.05) is 103 Å². The van der Waals surface area contributed by atoms with Crippen LogP contribution in [0.5, 0.6) is 0 Å². The fraction of sp³-hybridized carbons (Fsp3) is 0.0250. The summed E-state index contributed by atoms with van der Waals surface area (Å²) in [6.45, 7) is 2.17. The molecule has 0 aliphatic rings. The molecule has 2 heteroatoms. The summed E-state index contributed by atoms with van der Waals surface area (Å²) < 4.78 is 2.39. The summed E-state index contributed by atoms with van der Waals surface area (Å²) in [5.74, 6) is 0. The van der Waals surface area contributed by atoms with Gasteiger partial charge in [0.05, 0.1) is 22.2 Å². The number of nitrogens with zero attached hydrogens (tertiary/aromatic N) is 2. The Morgan fingerprint density at radius 3 is 1.64 bits per heavy atom. The molecule has 8 rings (SSSR count). The Kier molecular flexibility index (Phi) is 5.72. The van der Waals surface area contributed by atoms with Gasteiger partial charge in [-0.05, 0) is 83.3 Å². The molecule has 0 saturated carbocycles. The minimum absolute atomic E-state index is 0.992. The highest BCUT2D eigenvalue weighted by atomic mass is 15.0. The second kappa shape index (κ2) is 9.87. The lowest BCUT2D eigenvalue weighted by Gasteiger charge is -2.12. The van der Waals surface area contributed by atoms with Crippen LogP contribution in [-0.2, 0) is 0 Å². The molecule has 2 aromatic heterocycles. The molecule has 0 spiro atoms. The van der Waals surface area contributed by atoms with E-state index >= 15 is 0 Å². The molecule has 0 fully saturated rings. The van der Waals surface area contributed by atoms with Crippen molar-refractivity contribution in [3.8, 4) is 39.2 Å². The van der Waals surface area contributed by atoms with Crippen molar-refractivity contribution >= 4 is 32.7 Å². The minimum atomic E-state index is 0.992. The topological polar surface area (TPSA) is 17.8 Å². The standard InChI is InChI=1S/C40H28N2/c1-27-23-38(41-37-18-9-8-17-34(27)37)32-15-10-16-33(24-32)42-39-21-19-30(28-11-4-2-5-12-28)25-35(39)36-26-31(20-22-40(36)42)29-13-6-3-7-14-29/h2-26H,1H3. The summed E-state index contributed by atoms with van der Waals surface area (Å²) >= 11 is 0. The van der Waals surface area contributed by atoms with Gasteiger partial charge in [0.2, 0.25) is 0 Å². The first-order valence-corrected chi connectivity index (χ1v) is 14.4. The zero-order valence-electron chi connectivity index (χ0n) is 23.3. The van der Waals surface area contributed by atoms with Crippen LogP contribution in [0.4, 0.5) is 0 Å². The van der Waals surface area contributed by atoms with Crippen molar-refractivity contribution in [1.29, 1.82) is 0 Å². The van der Waals surface area contributed by atoms with Gasteiger partial charge >= 0.3 is 0 Å². The molecule has 8 aromatic rings. The number of rotatable bonds is 4. The van der Waals surface area contributed by atoms with Crippen LogP contribution in [0.2, 0.25) is 0 Å². The average molecular weight is 537 g/mol. The summed E-state index contributed by atoms with van der Waals surface area (Å²) in [6.07, 6.45) is 0. The number of para-hydroxylation sites is 1. The molecular formula is C40H28N2. The van der Waals surface area contributed by atoms with Gasteiger partial charge in [0.25, 0.3) is 0 Å². The summed E-state index contributed by atoms with van der Waals surface area (Å²) in [5, 5.41) is 3.69. The van der Waals surface area contributed by atoms with Gasteiger partial charge in [-0.25, -0.2) is 4.98 Å². The van der Waals surface area contributed by atoms with Crippen LogP contribution in [0, 0.1) is 6.92 Å². The number of aromatic nitrogens is 2. The molecule has 0 atom stereocenters. The summed E-state index contributed by atoms with van der Waals surface area (Å²) in [4.78, 5) is 5.03. The van der Waals surface area contributed by atoms with E-state index in [9.17, 15) is 0 Å². The average Bonchev–Trinajstić information content (AvgIpc) is 3.38. The lowest BCUT2D eigenvalue weighted by Crippen LogP contribution is -1.95. The molecule has 0 aliphatic heterocycles. The predicted octanol–water partition coefficient (Wildman–Crippen LogP) is 10.6. The number of benzene rings is 6. The van der Waals surface area contributed by atoms with Crippen LogP contribution >= 0.6 is 0 Å². The fourth-order valence-electron chi connectivity index (χ4n) is 6.22. The SMILES string of the molecule is Cc1cc(-c2cccc(-n3c4ccc(-c5ccccc5)cc4c4cc(-c5ccccc5)ccc43)c2)nc2ccccc12. The number of hydrogen-bond acceptors (Lipinski definition) is 1. The van der Waals surface area contributed by atoms with E-state index in [1.807, 2.05) is 0 Å². The summed E-state index contributed by atoms with van der Waals surface area (Å²) in [7, 11) is 0. The highest BCUT2D eigenvalue weighted by molar-refractivity contribution is 6.11. The molecular weight excluding hydrogens is 508 g/mol. The van der Waals surface area contributed by atoms with E-state index < -0.39 is 0 Å². The Morgan fingerprint density at radius 2 is 1.00 bits per heavy atom. The monoisotopic (exact) mass is 536 g/mol. The van der Waals surface area contributed by atoms with E-state index in [1.54, 1.807) is 0 Å². The smallest absolute Gasteiger partial charge is 0.0713 e. The van der Waals surface area contributed by atoms with Crippen LogP contribution in [0.25, 0.3) is 71.9 Å². The Hall–Kier alpha value is -5.47. The van der Waals surface area contributed by atoms with Gasteiger partial charge in [-0.15, -0.1) is 0 Å². The van der Waals surface area contributed by atoms with Crippen LogP contribution in [0.3, 0.4) is 0 Å². The van der Waals surface area contributed by atoms with Crippen LogP contribution in [0.15, 0.2) is 152 Å². The zero-order valence-corrected chi connectivity index (χ0v) is 23.3. The van der Waals surface area contributed by atoms with E-state index in [0.29, 0.717) is 0 Å². The lowest BCUT2D eigenvalue weighted by atomic mass is 10.0. The van der Waals surface area contributed by atoms with Crippen molar-refractivity contribution in [2.24, 2.45) is 0 Å². The minimum Gasteiger partial charge on any atom is -0.309 e. The Morgan fingerprint density at radius 1 is 0.429 bits per heavy atom. The van der Waals surface area contributed by atoms with Crippen LogP contribution in [-0.4, -0.2) is 9.55 Å². The third-order valence-electron chi connectivity index (χ3n) is 8.30. The maximum absolute atomic E-state index is 5.03. The first-order chi connectivity index (χ1) is 20.7. The van der Waals surface area contributed by atoms with Crippen molar-refractivity contribution in [2.75, 3.05) is 0 Å². The predicted molar refractivity (Wildman–Crippen MR) is 177 cm³/mol. The van der Waals surface area contributed by atoms with E-state index in [4.69, 9.17) is 4.98 Å². The van der Waals surface area contributed by atoms with E-state index in [1.165, 1.54) is 55.0 Å². The number of hydrogen-bond donors (Lipinski definition) is 0. The Labute approximate surface area is 245 Å². The molecule has 0 amide bonds. The second-order valence-electron chi connectivity index (χ2n) is 10.9. The zero-order chi connectivity index (χ0) is 28.0. The molecule has 2 nitrogen and oxygen atoms in total. The molecule has 0 saturated heterocycles. The van der Waals surface area contributed by atoms with Gasteiger partial charge in [0.1, 0.15) is 0 Å². The normalized spacial score (nSPS) is 11.5. The van der Waals surface area contributed by atoms with Crippen molar-refractivity contribution in [2.45, 2.75) is 6.92 Å². The molecule has 0 N–H and O–H groups in total. The summed E-state index contributed by atoms with van der Waals surface area (Å²) in [6, 6.07) is 54.3. The maximum Gasteiger partial charge on any atom is 0.0713 e. The first kappa shape index (κ1) is 24.3. The molecule has 198 valence electrons. The number of aryl methyl sites for hydroxylation is 1. The van der Waals surface area contributed by atoms with Crippen LogP contribution < -0.4 is 0 Å². The van der Waals surface area contributed by atoms with E-state index in [2.05, 4.69) is 163 Å². The van der Waals surface area contributed by atoms with Gasteiger partial charge in [-0.3, -0.25) is 0 Å². The molecule has 0 unspecified atom stereocenters. The molecule has 6 aromatic carbocycles. The molecule has 2 heterocycles. The largest absolute Gasteiger partial charge is 0.309 e. The van der Waals surface area contributed by atoms with Crippen molar-refractivity contribution in [1.82, 2.24) is 9.55 Å². The molecule has 0 bridgehead atoms. The van der Waals surface area contributed by atoms with Crippen molar-refractivity contribution in [3.05, 3.63) is 157 Å². The van der Waals surface area contributed by atoms with Crippen LogP contribution in [0.1, 0.15) is 5.56 Å². The highest BCUT2D eigenvalue weighted by Gasteiger charge is 2.16. The van der Waals surface area contributed by atoms with Gasteiger partial charge in [0, 0.05) is 27.4 Å². The summed E-state index contributed by atoms with van der Waals surface area (Å²) in [5.41, 5.74) is 12.7. The fourth-order valence-corrected chi connectivity index (χ4v) is 6.22. The first-order valence-electron chi connectivity index (χ1n) is 14.4. The van der Waals surface area contributed by atoms with Gasteiger partial charge < -0.3 is 4.57 Å². The van der Waals surface area contributed by atoms with E-state index in [0.717, 1.165) is 22.5 Å². The third kappa shape index (κ3) is 4.08. The van der Waals surface area contributed by atoms with E-state index in [-0.39, 0.29) is 0 Å². The number of fused-ring (bicyclic) bond motifs is 4. The lowest BCUT2D eigenvalue weighted by molar-refractivity contribution is 1.18. The van der Waals surface area contributed by atoms with Gasteiger partial charge in [0.15, 0.2) is 0 Å². The third-order valence-corrected chi connectivity index (χ3v) is 8.30. The maximum atomic E-state index is 5.03. The molecule has 42 heavy (non-hydrogen) atoms. The van der Waals surface area contributed by atoms with Crippen molar-refractivity contribution < 1.29 is 0 Å². The van der Waals surface area contributed by atoms with Crippen molar-refractivity contribution in [3.63, 3.8) is 0 Å². The molecule has 0 radical (unpaired) electrons.